The van der Waals surface area contributed by atoms with Gasteiger partial charge >= 0.3 is 0 Å². The van der Waals surface area contributed by atoms with Crippen LogP contribution in [-0.4, -0.2) is 4.98 Å². The second-order valence-electron chi connectivity index (χ2n) is 18.9. The van der Waals surface area contributed by atoms with Crippen molar-refractivity contribution in [3.8, 4) is 55.8 Å². The smallest absolute Gasteiger partial charge is 0.0725 e. The summed E-state index contributed by atoms with van der Waals surface area (Å²) in [4.78, 5) is 5.69. The summed E-state index contributed by atoms with van der Waals surface area (Å²) in [5, 5.41) is 1.25. The third-order valence-corrected chi connectivity index (χ3v) is 14.8. The molecule has 62 heavy (non-hydrogen) atoms. The van der Waals surface area contributed by atoms with Gasteiger partial charge < -0.3 is 0 Å². The van der Waals surface area contributed by atoms with Crippen LogP contribution in [0.3, 0.4) is 0 Å². The summed E-state index contributed by atoms with van der Waals surface area (Å²) < 4.78 is 0. The van der Waals surface area contributed by atoms with E-state index in [1.807, 2.05) is 0 Å². The third-order valence-electron chi connectivity index (χ3n) is 14.8. The molecule has 0 N–H and O–H groups in total. The summed E-state index contributed by atoms with van der Waals surface area (Å²) in [6.07, 6.45) is 12.4. The molecule has 0 fully saturated rings. The van der Waals surface area contributed by atoms with E-state index >= 15 is 0 Å². The van der Waals surface area contributed by atoms with Crippen molar-refractivity contribution < 1.29 is 0 Å². The van der Waals surface area contributed by atoms with Crippen LogP contribution in [0.1, 0.15) is 124 Å². The van der Waals surface area contributed by atoms with Gasteiger partial charge in [0.2, 0.25) is 0 Å². The highest BCUT2D eigenvalue weighted by atomic mass is 14.7. The SMILES string of the molecule is CCCCCCc1cc(CCCCCC)cc(-c2cc(-c3ccc4c(c3)C3(c5ccccc5-c5ccccc53)c3ccccc3-4)nc3cc4c(cc23)C(C)(C)c2ccccc2-4)c1. The lowest BCUT2D eigenvalue weighted by Crippen LogP contribution is -2.25. The van der Waals surface area contributed by atoms with Crippen LogP contribution in [0.4, 0.5) is 0 Å². The van der Waals surface area contributed by atoms with Gasteiger partial charge in [0, 0.05) is 16.4 Å². The number of benzene rings is 7. The molecule has 1 spiro atoms. The molecule has 8 aromatic rings. The van der Waals surface area contributed by atoms with E-state index < -0.39 is 5.41 Å². The van der Waals surface area contributed by atoms with Gasteiger partial charge in [-0.05, 0) is 139 Å². The lowest BCUT2D eigenvalue weighted by Gasteiger charge is -2.30. The van der Waals surface area contributed by atoms with Gasteiger partial charge in [-0.2, -0.15) is 0 Å². The van der Waals surface area contributed by atoms with Gasteiger partial charge in [0.25, 0.3) is 0 Å². The van der Waals surface area contributed by atoms with Gasteiger partial charge in [0.1, 0.15) is 0 Å². The Morgan fingerprint density at radius 3 is 1.47 bits per heavy atom. The monoisotopic (exact) mass is 803 g/mol. The molecule has 7 aromatic carbocycles. The maximum Gasteiger partial charge on any atom is 0.0725 e. The van der Waals surface area contributed by atoms with E-state index in [0.717, 1.165) is 29.6 Å². The van der Waals surface area contributed by atoms with Crippen molar-refractivity contribution in [1.82, 2.24) is 4.98 Å². The van der Waals surface area contributed by atoms with Crippen molar-refractivity contribution in [1.29, 1.82) is 0 Å². The Morgan fingerprint density at radius 2 is 0.903 bits per heavy atom. The first-order valence-electron chi connectivity index (χ1n) is 23.6. The second kappa shape index (κ2) is 15.4. The van der Waals surface area contributed by atoms with Crippen LogP contribution >= 0.6 is 0 Å². The molecular formula is C61H57N. The fourth-order valence-corrected chi connectivity index (χ4v) is 11.8. The van der Waals surface area contributed by atoms with Gasteiger partial charge in [0.05, 0.1) is 16.6 Å². The summed E-state index contributed by atoms with van der Waals surface area (Å²) in [5.74, 6) is 0. The number of hydrogen-bond donors (Lipinski definition) is 0. The highest BCUT2D eigenvalue weighted by Crippen LogP contribution is 2.63. The average molecular weight is 804 g/mol. The molecular weight excluding hydrogens is 747 g/mol. The number of aryl methyl sites for hydroxylation is 2. The van der Waals surface area contributed by atoms with Gasteiger partial charge in [-0.25, -0.2) is 4.98 Å². The number of aromatic nitrogens is 1. The Hall–Kier alpha value is -6.05. The molecule has 0 bridgehead atoms. The minimum Gasteiger partial charge on any atom is -0.248 e. The third kappa shape index (κ3) is 5.99. The van der Waals surface area contributed by atoms with E-state index in [1.54, 1.807) is 0 Å². The zero-order valence-corrected chi connectivity index (χ0v) is 37.0. The fraction of sp³-hybridized carbons (Fsp3) is 0.262. The number of pyridine rings is 1. The molecule has 0 aliphatic heterocycles. The highest BCUT2D eigenvalue weighted by Gasteiger charge is 2.51. The summed E-state index contributed by atoms with van der Waals surface area (Å²) in [6.45, 7) is 9.41. The second-order valence-corrected chi connectivity index (χ2v) is 18.9. The Morgan fingerprint density at radius 1 is 0.387 bits per heavy atom. The Bertz CT molecular complexity index is 2940. The van der Waals surface area contributed by atoms with Gasteiger partial charge in [-0.3, -0.25) is 0 Å². The van der Waals surface area contributed by atoms with Crippen molar-refractivity contribution in [3.05, 3.63) is 196 Å². The number of fused-ring (bicyclic) bond motifs is 14. The number of nitrogens with zero attached hydrogens (tertiary/aromatic N) is 1. The van der Waals surface area contributed by atoms with E-state index in [0.29, 0.717) is 0 Å². The van der Waals surface area contributed by atoms with Gasteiger partial charge in [0.15, 0.2) is 0 Å². The van der Waals surface area contributed by atoms with Crippen molar-refractivity contribution in [2.75, 3.05) is 0 Å². The molecule has 1 heterocycles. The van der Waals surface area contributed by atoms with Crippen molar-refractivity contribution >= 4 is 10.9 Å². The lowest BCUT2D eigenvalue weighted by atomic mass is 9.70. The molecule has 0 amide bonds. The molecule has 3 aliphatic rings. The largest absolute Gasteiger partial charge is 0.248 e. The topological polar surface area (TPSA) is 12.9 Å². The molecule has 1 nitrogen and oxygen atoms in total. The molecule has 3 aliphatic carbocycles. The molecule has 0 saturated heterocycles. The van der Waals surface area contributed by atoms with Crippen LogP contribution in [0.5, 0.6) is 0 Å². The molecule has 306 valence electrons. The first-order valence-corrected chi connectivity index (χ1v) is 23.6. The summed E-state index contributed by atoms with van der Waals surface area (Å²) >= 11 is 0. The zero-order chi connectivity index (χ0) is 42.0. The van der Waals surface area contributed by atoms with Gasteiger partial charge in [-0.1, -0.05) is 194 Å². The van der Waals surface area contributed by atoms with Gasteiger partial charge in [-0.15, -0.1) is 0 Å². The Labute approximate surface area is 368 Å². The molecule has 0 radical (unpaired) electrons. The molecule has 0 unspecified atom stereocenters. The van der Waals surface area contributed by atoms with Crippen LogP contribution in [-0.2, 0) is 23.7 Å². The summed E-state index contributed by atoms with van der Waals surface area (Å²) in [7, 11) is 0. The van der Waals surface area contributed by atoms with Crippen LogP contribution in [0.2, 0.25) is 0 Å². The highest BCUT2D eigenvalue weighted by molar-refractivity contribution is 6.02. The molecule has 0 atom stereocenters. The van der Waals surface area contributed by atoms with Crippen LogP contribution in [0, 0.1) is 0 Å². The Balaban J connectivity index is 1.14. The summed E-state index contributed by atoms with van der Waals surface area (Å²) in [6, 6.07) is 58.5. The van der Waals surface area contributed by atoms with Crippen LogP contribution < -0.4 is 0 Å². The Kier molecular flexibility index (Phi) is 9.64. The van der Waals surface area contributed by atoms with E-state index in [1.165, 1.54) is 146 Å². The number of rotatable bonds is 12. The molecule has 1 heteroatoms. The van der Waals surface area contributed by atoms with Crippen LogP contribution in [0.25, 0.3) is 66.7 Å². The predicted octanol–water partition coefficient (Wildman–Crippen LogP) is 16.5. The minimum atomic E-state index is -0.399. The number of unbranched alkanes of at least 4 members (excludes halogenated alkanes) is 6. The molecule has 0 saturated carbocycles. The minimum absolute atomic E-state index is 0.0984. The zero-order valence-electron chi connectivity index (χ0n) is 37.0. The maximum atomic E-state index is 5.69. The maximum absolute atomic E-state index is 5.69. The van der Waals surface area contributed by atoms with Crippen molar-refractivity contribution in [2.24, 2.45) is 0 Å². The fourth-order valence-electron chi connectivity index (χ4n) is 11.8. The van der Waals surface area contributed by atoms with Crippen LogP contribution in [0.15, 0.2) is 152 Å². The first kappa shape index (κ1) is 38.8. The van der Waals surface area contributed by atoms with E-state index in [9.17, 15) is 0 Å². The van der Waals surface area contributed by atoms with Crippen molar-refractivity contribution in [2.45, 2.75) is 103 Å². The normalized spacial score (nSPS) is 14.4. The lowest BCUT2D eigenvalue weighted by molar-refractivity contribution is 0.661. The van der Waals surface area contributed by atoms with E-state index in [4.69, 9.17) is 4.98 Å². The van der Waals surface area contributed by atoms with E-state index in [-0.39, 0.29) is 5.41 Å². The number of hydrogen-bond acceptors (Lipinski definition) is 1. The average Bonchev–Trinajstić information content (AvgIpc) is 3.86. The molecule has 11 rings (SSSR count). The molecule has 1 aromatic heterocycles. The van der Waals surface area contributed by atoms with E-state index in [2.05, 4.69) is 179 Å². The summed E-state index contributed by atoms with van der Waals surface area (Å²) in [5.41, 5.74) is 24.6. The van der Waals surface area contributed by atoms with Crippen molar-refractivity contribution in [3.63, 3.8) is 0 Å². The standard InChI is InChI=1S/C61H57N/c1-5-7-9-11-21-40-33-41(22-12-10-8-6-2)35-43(34-40)49-38-58(62-59-39-50-47-26-13-17-27-52(47)60(3,4)56(50)37-51(49)59)42-31-32-48-46-25-16-20-30-55(46)61(57(48)36-42)53-28-18-14-23-44(53)45-24-15-19-29-54(45)61/h13-20,23-39H,5-12,21-22H2,1-4H3. The predicted molar refractivity (Wildman–Crippen MR) is 262 cm³/mol. The first-order chi connectivity index (χ1) is 30.4. The quantitative estimate of drug-likeness (QED) is 0.112.